The third kappa shape index (κ3) is 4.14. The molecule has 4 nitrogen and oxygen atoms in total. The monoisotopic (exact) mass is 310 g/mol. The fraction of sp³-hybridized carbons (Fsp3) is 0.286. The quantitative estimate of drug-likeness (QED) is 0.823. The highest BCUT2D eigenvalue weighted by Crippen LogP contribution is 2.13. The van der Waals surface area contributed by atoms with E-state index >= 15 is 0 Å². The Labute approximate surface area is 123 Å². The Morgan fingerprint density at radius 1 is 1.10 bits per heavy atom. The highest BCUT2D eigenvalue weighted by Gasteiger charge is 2.13. The van der Waals surface area contributed by atoms with Gasteiger partial charge in [-0.2, -0.15) is 11.3 Å². The van der Waals surface area contributed by atoms with Crippen LogP contribution in [-0.2, 0) is 23.0 Å². The van der Waals surface area contributed by atoms with Crippen molar-refractivity contribution in [1.82, 2.24) is 4.72 Å². The Bertz CT molecular complexity index is 620. The van der Waals surface area contributed by atoms with E-state index in [4.69, 9.17) is 5.73 Å². The summed E-state index contributed by atoms with van der Waals surface area (Å²) in [6.45, 7) is 0.961. The van der Waals surface area contributed by atoms with Crippen LogP contribution in [0.4, 0.5) is 0 Å². The molecule has 0 spiro atoms. The van der Waals surface area contributed by atoms with Gasteiger partial charge >= 0.3 is 0 Å². The summed E-state index contributed by atoms with van der Waals surface area (Å²) in [5, 5.41) is 3.86. The van der Waals surface area contributed by atoms with Gasteiger partial charge in [-0.3, -0.25) is 0 Å². The second-order valence-corrected chi connectivity index (χ2v) is 7.04. The summed E-state index contributed by atoms with van der Waals surface area (Å²) < 4.78 is 26.8. The maximum atomic E-state index is 12.1. The van der Waals surface area contributed by atoms with Crippen LogP contribution in [0, 0.1) is 0 Å². The third-order valence-electron chi connectivity index (χ3n) is 2.95. The van der Waals surface area contributed by atoms with E-state index in [-0.39, 0.29) is 0 Å². The maximum Gasteiger partial charge on any atom is 0.240 e. The molecule has 0 saturated carbocycles. The summed E-state index contributed by atoms with van der Waals surface area (Å²) >= 11 is 1.55. The molecule has 2 aromatic rings. The van der Waals surface area contributed by atoms with E-state index in [1.54, 1.807) is 23.5 Å². The van der Waals surface area contributed by atoms with E-state index in [9.17, 15) is 8.42 Å². The van der Waals surface area contributed by atoms with E-state index in [1.165, 1.54) is 0 Å². The van der Waals surface area contributed by atoms with Gasteiger partial charge in [0, 0.05) is 6.54 Å². The first-order valence-electron chi connectivity index (χ1n) is 6.41. The minimum absolute atomic E-state index is 0.296. The number of benzene rings is 1. The van der Waals surface area contributed by atoms with Crippen molar-refractivity contribution < 1.29 is 8.42 Å². The number of hydrogen-bond acceptors (Lipinski definition) is 4. The molecular formula is C14H18N2O2S2. The summed E-state index contributed by atoms with van der Waals surface area (Å²) in [5.41, 5.74) is 7.53. The molecule has 0 unspecified atom stereocenters. The predicted octanol–water partition coefficient (Wildman–Crippen LogP) is 2.12. The first-order chi connectivity index (χ1) is 9.62. The molecule has 3 N–H and O–H groups in total. The van der Waals surface area contributed by atoms with Crippen molar-refractivity contribution in [3.63, 3.8) is 0 Å². The van der Waals surface area contributed by atoms with Gasteiger partial charge < -0.3 is 5.73 Å². The number of aryl methyl sites for hydroxylation is 1. The minimum atomic E-state index is -3.44. The zero-order chi connectivity index (χ0) is 14.4. The molecule has 2 rings (SSSR count). The lowest BCUT2D eigenvalue weighted by molar-refractivity contribution is 0.581. The maximum absolute atomic E-state index is 12.1. The highest BCUT2D eigenvalue weighted by atomic mass is 32.2. The third-order valence-corrected chi connectivity index (χ3v) is 5.10. The summed E-state index contributed by atoms with van der Waals surface area (Å²) in [4.78, 5) is 0.296. The SMILES string of the molecule is NCCCc1ccc(S(=O)(=O)NCc2ccsc2)cc1. The topological polar surface area (TPSA) is 72.2 Å². The Kier molecular flexibility index (Phi) is 5.31. The number of sulfonamides is 1. The van der Waals surface area contributed by atoms with Crippen molar-refractivity contribution in [1.29, 1.82) is 0 Å². The summed E-state index contributed by atoms with van der Waals surface area (Å²) in [7, 11) is -3.44. The van der Waals surface area contributed by atoms with Gasteiger partial charge in [0.2, 0.25) is 10.0 Å². The van der Waals surface area contributed by atoms with Gasteiger partial charge in [-0.1, -0.05) is 12.1 Å². The molecule has 0 aliphatic heterocycles. The van der Waals surface area contributed by atoms with E-state index in [2.05, 4.69) is 4.72 Å². The molecule has 1 aromatic carbocycles. The van der Waals surface area contributed by atoms with Crippen molar-refractivity contribution >= 4 is 21.4 Å². The Morgan fingerprint density at radius 3 is 2.45 bits per heavy atom. The molecule has 0 amide bonds. The molecule has 1 heterocycles. The molecule has 108 valence electrons. The fourth-order valence-electron chi connectivity index (χ4n) is 1.80. The number of nitrogens with one attached hydrogen (secondary N) is 1. The van der Waals surface area contributed by atoms with Crippen LogP contribution in [0.15, 0.2) is 46.0 Å². The zero-order valence-corrected chi connectivity index (χ0v) is 12.7. The van der Waals surface area contributed by atoms with Crippen LogP contribution in [0.2, 0.25) is 0 Å². The lowest BCUT2D eigenvalue weighted by Gasteiger charge is -2.07. The average Bonchev–Trinajstić information content (AvgIpc) is 2.97. The second kappa shape index (κ2) is 6.99. The van der Waals surface area contributed by atoms with Gasteiger partial charge in [-0.25, -0.2) is 13.1 Å². The lowest BCUT2D eigenvalue weighted by atomic mass is 10.1. The smallest absolute Gasteiger partial charge is 0.240 e. The molecule has 6 heteroatoms. The van der Waals surface area contributed by atoms with Gasteiger partial charge in [0.25, 0.3) is 0 Å². The molecule has 0 saturated heterocycles. The Morgan fingerprint density at radius 2 is 1.85 bits per heavy atom. The van der Waals surface area contributed by atoms with Gasteiger partial charge in [0.1, 0.15) is 0 Å². The molecular weight excluding hydrogens is 292 g/mol. The molecule has 0 fully saturated rings. The van der Waals surface area contributed by atoms with Crippen LogP contribution >= 0.6 is 11.3 Å². The molecule has 0 radical (unpaired) electrons. The largest absolute Gasteiger partial charge is 0.330 e. The first kappa shape index (κ1) is 15.2. The van der Waals surface area contributed by atoms with Gasteiger partial charge in [0.15, 0.2) is 0 Å². The number of nitrogens with two attached hydrogens (primary N) is 1. The van der Waals surface area contributed by atoms with Gasteiger partial charge in [-0.05, 0) is 59.5 Å². The Balaban J connectivity index is 2.01. The van der Waals surface area contributed by atoms with Crippen molar-refractivity contribution in [3.8, 4) is 0 Å². The number of rotatable bonds is 7. The van der Waals surface area contributed by atoms with Crippen LogP contribution in [0.25, 0.3) is 0 Å². The van der Waals surface area contributed by atoms with E-state index in [0.29, 0.717) is 18.0 Å². The van der Waals surface area contributed by atoms with Gasteiger partial charge in [0.05, 0.1) is 4.90 Å². The highest BCUT2D eigenvalue weighted by molar-refractivity contribution is 7.89. The van der Waals surface area contributed by atoms with Crippen molar-refractivity contribution in [2.45, 2.75) is 24.3 Å². The second-order valence-electron chi connectivity index (χ2n) is 4.49. The van der Waals surface area contributed by atoms with E-state index in [0.717, 1.165) is 24.0 Å². The van der Waals surface area contributed by atoms with E-state index < -0.39 is 10.0 Å². The van der Waals surface area contributed by atoms with Crippen LogP contribution in [0.3, 0.4) is 0 Å². The first-order valence-corrected chi connectivity index (χ1v) is 8.84. The zero-order valence-electron chi connectivity index (χ0n) is 11.1. The normalized spacial score (nSPS) is 11.7. The average molecular weight is 310 g/mol. The van der Waals surface area contributed by atoms with Gasteiger partial charge in [-0.15, -0.1) is 0 Å². The minimum Gasteiger partial charge on any atom is -0.330 e. The summed E-state index contributed by atoms with van der Waals surface area (Å²) in [5.74, 6) is 0. The van der Waals surface area contributed by atoms with Crippen molar-refractivity contribution in [2.24, 2.45) is 5.73 Å². The summed E-state index contributed by atoms with van der Waals surface area (Å²) in [6.07, 6.45) is 1.78. The van der Waals surface area contributed by atoms with Crippen molar-refractivity contribution in [3.05, 3.63) is 52.2 Å². The number of hydrogen-bond donors (Lipinski definition) is 2. The van der Waals surface area contributed by atoms with Crippen molar-refractivity contribution in [2.75, 3.05) is 6.54 Å². The molecule has 0 bridgehead atoms. The molecule has 0 aliphatic rings. The van der Waals surface area contributed by atoms with Crippen LogP contribution < -0.4 is 10.5 Å². The van der Waals surface area contributed by atoms with E-state index in [1.807, 2.05) is 29.0 Å². The lowest BCUT2D eigenvalue weighted by Crippen LogP contribution is -2.22. The van der Waals surface area contributed by atoms with Crippen LogP contribution in [0.5, 0.6) is 0 Å². The number of thiophene rings is 1. The standard InChI is InChI=1S/C14H18N2O2S2/c15-8-1-2-12-3-5-14(6-4-12)20(17,18)16-10-13-7-9-19-11-13/h3-7,9,11,16H,1-2,8,10,15H2. The molecule has 1 aromatic heterocycles. The molecule has 0 atom stereocenters. The Hall–Kier alpha value is -1.21. The molecule has 0 aliphatic carbocycles. The van der Waals surface area contributed by atoms with Crippen LogP contribution in [-0.4, -0.2) is 15.0 Å². The fourth-order valence-corrected chi connectivity index (χ4v) is 3.48. The molecule has 20 heavy (non-hydrogen) atoms. The predicted molar refractivity (Wildman–Crippen MR) is 82.2 cm³/mol. The summed E-state index contributed by atoms with van der Waals surface area (Å²) in [6, 6.07) is 8.87. The van der Waals surface area contributed by atoms with Crippen LogP contribution in [0.1, 0.15) is 17.5 Å².